The van der Waals surface area contributed by atoms with Crippen molar-refractivity contribution >= 4 is 26.0 Å². The lowest BCUT2D eigenvalue weighted by atomic mass is 10.4. The van der Waals surface area contributed by atoms with Gasteiger partial charge in [0.2, 0.25) is 10.0 Å². The van der Waals surface area contributed by atoms with Crippen LogP contribution in [0.25, 0.3) is 0 Å². The van der Waals surface area contributed by atoms with Gasteiger partial charge in [0.1, 0.15) is 0 Å². The fourth-order valence-electron chi connectivity index (χ4n) is 1.75. The molecule has 1 aromatic rings. The Hall–Kier alpha value is -0.430. The second-order valence-electron chi connectivity index (χ2n) is 4.23. The second-order valence-corrected chi connectivity index (χ2v) is 6.91. The van der Waals surface area contributed by atoms with Gasteiger partial charge in [0.05, 0.1) is 4.90 Å². The largest absolute Gasteiger partial charge is 0.304 e. The molecule has 0 saturated heterocycles. The van der Waals surface area contributed by atoms with E-state index in [-0.39, 0.29) is 0 Å². The highest BCUT2D eigenvalue weighted by atomic mass is 79.9. The van der Waals surface area contributed by atoms with Gasteiger partial charge >= 0.3 is 0 Å². The van der Waals surface area contributed by atoms with E-state index < -0.39 is 10.0 Å². The number of nitrogens with one attached hydrogen (secondary N) is 1. The zero-order chi connectivity index (χ0) is 14.3. The first-order valence-corrected chi connectivity index (χ1v) is 8.74. The Morgan fingerprint density at radius 2 is 1.74 bits per heavy atom. The second kappa shape index (κ2) is 7.99. The van der Waals surface area contributed by atoms with Gasteiger partial charge in [0, 0.05) is 11.0 Å². The minimum absolute atomic E-state index is 0.304. The predicted octanol–water partition coefficient (Wildman–Crippen LogP) is 2.46. The van der Waals surface area contributed by atoms with Crippen LogP contribution in [0.4, 0.5) is 0 Å². The number of sulfonamides is 1. The van der Waals surface area contributed by atoms with Gasteiger partial charge in [-0.1, -0.05) is 29.8 Å². The van der Waals surface area contributed by atoms with Crippen LogP contribution in [0, 0.1) is 0 Å². The summed E-state index contributed by atoms with van der Waals surface area (Å²) in [6.07, 6.45) is 0.817. The summed E-state index contributed by atoms with van der Waals surface area (Å²) in [5, 5.41) is 0. The topological polar surface area (TPSA) is 49.4 Å². The molecule has 0 radical (unpaired) electrons. The van der Waals surface area contributed by atoms with E-state index in [1.165, 1.54) is 0 Å². The fraction of sp³-hybridized carbons (Fsp3) is 0.538. The molecular formula is C13H21BrN2O2S. The summed E-state index contributed by atoms with van der Waals surface area (Å²) in [6.45, 7) is 7.59. The quantitative estimate of drug-likeness (QED) is 0.734. The van der Waals surface area contributed by atoms with Crippen molar-refractivity contribution in [2.24, 2.45) is 0 Å². The third-order valence-electron chi connectivity index (χ3n) is 2.96. The van der Waals surface area contributed by atoms with Crippen LogP contribution in [-0.2, 0) is 10.0 Å². The monoisotopic (exact) mass is 348 g/mol. The molecular weight excluding hydrogens is 328 g/mol. The summed E-state index contributed by atoms with van der Waals surface area (Å²) in [5.41, 5.74) is 0. The van der Waals surface area contributed by atoms with Crippen molar-refractivity contribution in [3.05, 3.63) is 28.7 Å². The Morgan fingerprint density at radius 1 is 1.16 bits per heavy atom. The zero-order valence-corrected chi connectivity index (χ0v) is 13.8. The van der Waals surface area contributed by atoms with Gasteiger partial charge in [-0.05, 0) is 50.3 Å². The summed E-state index contributed by atoms with van der Waals surface area (Å²) < 4.78 is 27.5. The van der Waals surface area contributed by atoms with E-state index in [1.807, 2.05) is 0 Å². The third kappa shape index (κ3) is 5.60. The Morgan fingerprint density at radius 3 is 2.26 bits per heavy atom. The molecule has 0 bridgehead atoms. The maximum absolute atomic E-state index is 12.0. The molecule has 4 nitrogen and oxygen atoms in total. The Bertz CT molecular complexity index is 470. The molecule has 108 valence electrons. The maximum atomic E-state index is 12.0. The SMILES string of the molecule is CCN(CC)CCCNS(=O)(=O)c1ccc(Br)cc1. The number of halogens is 1. The summed E-state index contributed by atoms with van der Waals surface area (Å²) in [7, 11) is -3.38. The molecule has 1 N–H and O–H groups in total. The van der Waals surface area contributed by atoms with Gasteiger partial charge < -0.3 is 4.90 Å². The average molecular weight is 349 g/mol. The molecule has 0 aromatic heterocycles. The first-order chi connectivity index (χ1) is 8.99. The van der Waals surface area contributed by atoms with E-state index in [9.17, 15) is 8.42 Å². The lowest BCUT2D eigenvalue weighted by molar-refractivity contribution is 0.300. The summed E-state index contributed by atoms with van der Waals surface area (Å²) in [5.74, 6) is 0. The van der Waals surface area contributed by atoms with Crippen LogP contribution < -0.4 is 4.72 Å². The lowest BCUT2D eigenvalue weighted by Gasteiger charge is -2.17. The van der Waals surface area contributed by atoms with Crippen molar-refractivity contribution in [1.29, 1.82) is 0 Å². The van der Waals surface area contributed by atoms with Crippen molar-refractivity contribution < 1.29 is 8.42 Å². The smallest absolute Gasteiger partial charge is 0.240 e. The van der Waals surface area contributed by atoms with Crippen LogP contribution in [0.2, 0.25) is 0 Å². The molecule has 19 heavy (non-hydrogen) atoms. The van der Waals surface area contributed by atoms with Gasteiger partial charge in [0.15, 0.2) is 0 Å². The Kier molecular flexibility index (Phi) is 6.99. The highest BCUT2D eigenvalue weighted by Crippen LogP contribution is 2.14. The Labute approximate surface area is 124 Å². The number of hydrogen-bond acceptors (Lipinski definition) is 3. The van der Waals surface area contributed by atoms with Gasteiger partial charge in [0.25, 0.3) is 0 Å². The van der Waals surface area contributed by atoms with Crippen LogP contribution in [0.1, 0.15) is 20.3 Å². The molecule has 0 aliphatic heterocycles. The molecule has 0 fully saturated rings. The molecule has 0 heterocycles. The summed E-state index contributed by atoms with van der Waals surface area (Å²) in [4.78, 5) is 2.58. The van der Waals surface area contributed by atoms with Crippen LogP contribution in [0.15, 0.2) is 33.6 Å². The van der Waals surface area contributed by atoms with Gasteiger partial charge in [-0.25, -0.2) is 13.1 Å². The van der Waals surface area contributed by atoms with E-state index in [1.54, 1.807) is 24.3 Å². The fourth-order valence-corrected chi connectivity index (χ4v) is 3.08. The molecule has 0 unspecified atom stereocenters. The zero-order valence-electron chi connectivity index (χ0n) is 11.4. The Balaban J connectivity index is 2.45. The molecule has 0 aliphatic rings. The van der Waals surface area contributed by atoms with Gasteiger partial charge in [-0.15, -0.1) is 0 Å². The van der Waals surface area contributed by atoms with Crippen LogP contribution in [-0.4, -0.2) is 39.5 Å². The van der Waals surface area contributed by atoms with E-state index in [0.29, 0.717) is 11.4 Å². The molecule has 0 amide bonds. The number of rotatable bonds is 8. The lowest BCUT2D eigenvalue weighted by Crippen LogP contribution is -2.30. The van der Waals surface area contributed by atoms with Crippen molar-refractivity contribution in [1.82, 2.24) is 9.62 Å². The number of hydrogen-bond donors (Lipinski definition) is 1. The van der Waals surface area contributed by atoms with E-state index in [2.05, 4.69) is 39.4 Å². The minimum Gasteiger partial charge on any atom is -0.304 e. The third-order valence-corrected chi connectivity index (χ3v) is 4.97. The van der Waals surface area contributed by atoms with E-state index in [0.717, 1.165) is 30.5 Å². The molecule has 1 rings (SSSR count). The van der Waals surface area contributed by atoms with Crippen LogP contribution in [0.5, 0.6) is 0 Å². The van der Waals surface area contributed by atoms with Crippen molar-refractivity contribution in [3.63, 3.8) is 0 Å². The van der Waals surface area contributed by atoms with E-state index in [4.69, 9.17) is 0 Å². The van der Waals surface area contributed by atoms with Crippen molar-refractivity contribution in [3.8, 4) is 0 Å². The average Bonchev–Trinajstić information content (AvgIpc) is 2.39. The number of benzene rings is 1. The van der Waals surface area contributed by atoms with E-state index >= 15 is 0 Å². The first-order valence-electron chi connectivity index (χ1n) is 6.47. The normalized spacial score (nSPS) is 12.0. The molecule has 0 saturated carbocycles. The van der Waals surface area contributed by atoms with Gasteiger partial charge in [-0.2, -0.15) is 0 Å². The molecule has 0 aliphatic carbocycles. The molecule has 0 spiro atoms. The number of nitrogens with zero attached hydrogens (tertiary/aromatic N) is 1. The minimum atomic E-state index is -3.38. The molecule has 6 heteroatoms. The van der Waals surface area contributed by atoms with Crippen molar-refractivity contribution in [2.75, 3.05) is 26.2 Å². The van der Waals surface area contributed by atoms with Gasteiger partial charge in [-0.3, -0.25) is 0 Å². The summed E-state index contributed by atoms with van der Waals surface area (Å²) >= 11 is 3.29. The molecule has 1 aromatic carbocycles. The van der Waals surface area contributed by atoms with Crippen LogP contribution >= 0.6 is 15.9 Å². The predicted molar refractivity (Wildman–Crippen MR) is 81.7 cm³/mol. The summed E-state index contributed by atoms with van der Waals surface area (Å²) in [6, 6.07) is 6.64. The highest BCUT2D eigenvalue weighted by molar-refractivity contribution is 9.10. The highest BCUT2D eigenvalue weighted by Gasteiger charge is 2.12. The van der Waals surface area contributed by atoms with Crippen LogP contribution in [0.3, 0.4) is 0 Å². The first kappa shape index (κ1) is 16.6. The standard InChI is InChI=1S/C13H21BrN2O2S/c1-3-16(4-2)11-5-10-15-19(17,18)13-8-6-12(14)7-9-13/h6-9,15H,3-5,10-11H2,1-2H3. The van der Waals surface area contributed by atoms with Crippen molar-refractivity contribution in [2.45, 2.75) is 25.2 Å². The molecule has 0 atom stereocenters. The maximum Gasteiger partial charge on any atom is 0.240 e.